The van der Waals surface area contributed by atoms with E-state index in [0.29, 0.717) is 36.2 Å². The second kappa shape index (κ2) is 7.92. The van der Waals surface area contributed by atoms with E-state index in [1.807, 2.05) is 56.3 Å². The Morgan fingerprint density at radius 1 is 1.03 bits per heavy atom. The van der Waals surface area contributed by atoms with Gasteiger partial charge in [-0.1, -0.05) is 30.0 Å². The summed E-state index contributed by atoms with van der Waals surface area (Å²) < 4.78 is 13.0. The average Bonchev–Trinajstić information content (AvgIpc) is 3.19. The lowest BCUT2D eigenvalue weighted by Gasteiger charge is -2.21. The molecule has 3 heterocycles. The molecule has 0 saturated carbocycles. The molecule has 4 aromatic rings. The van der Waals surface area contributed by atoms with Gasteiger partial charge in [-0.3, -0.25) is 4.79 Å². The minimum atomic E-state index is -0.422. The van der Waals surface area contributed by atoms with Crippen LogP contribution in [0.2, 0.25) is 0 Å². The molecule has 31 heavy (non-hydrogen) atoms. The summed E-state index contributed by atoms with van der Waals surface area (Å²) in [5.41, 5.74) is 2.27. The summed E-state index contributed by atoms with van der Waals surface area (Å²) in [4.78, 5) is 23.5. The quantitative estimate of drug-likeness (QED) is 0.522. The highest BCUT2D eigenvalue weighted by Crippen LogP contribution is 2.42. The fourth-order valence-corrected chi connectivity index (χ4v) is 4.24. The molecule has 0 saturated heterocycles. The van der Waals surface area contributed by atoms with Crippen molar-refractivity contribution >= 4 is 29.1 Å². The molecule has 156 valence electrons. The highest BCUT2D eigenvalue weighted by Gasteiger charge is 2.21. The van der Waals surface area contributed by atoms with Crippen molar-refractivity contribution in [2.24, 2.45) is 0 Å². The summed E-state index contributed by atoms with van der Waals surface area (Å²) in [5.74, 6) is 1.27. The zero-order valence-corrected chi connectivity index (χ0v) is 17.8. The van der Waals surface area contributed by atoms with Gasteiger partial charge < -0.3 is 14.8 Å². The Bertz CT molecular complexity index is 1290. The molecule has 5 rings (SSSR count). The molecule has 0 spiro atoms. The zero-order chi connectivity index (χ0) is 21.4. The first-order valence-corrected chi connectivity index (χ1v) is 10.6. The number of amides is 1. The van der Waals surface area contributed by atoms with Crippen molar-refractivity contribution < 1.29 is 14.3 Å². The van der Waals surface area contributed by atoms with Gasteiger partial charge in [-0.2, -0.15) is 4.98 Å². The second-order valence-electron chi connectivity index (χ2n) is 7.05. The van der Waals surface area contributed by atoms with Gasteiger partial charge in [0, 0.05) is 33.3 Å². The summed E-state index contributed by atoms with van der Waals surface area (Å²) >= 11 is 1.52. The number of carbonyl (C=O) groups excluding carboxylic acids is 1. The predicted molar refractivity (Wildman–Crippen MR) is 116 cm³/mol. The number of nitrogens with one attached hydrogen (secondary N) is 1. The largest absolute Gasteiger partial charge is 0.486 e. The summed E-state index contributed by atoms with van der Waals surface area (Å²) in [5, 5.41) is 7.25. The van der Waals surface area contributed by atoms with Crippen molar-refractivity contribution in [3.05, 3.63) is 65.7 Å². The lowest BCUT2D eigenvalue weighted by Crippen LogP contribution is -2.18. The highest BCUT2D eigenvalue weighted by molar-refractivity contribution is 7.99. The molecule has 0 atom stereocenters. The van der Waals surface area contributed by atoms with E-state index in [4.69, 9.17) is 9.47 Å². The first-order valence-electron chi connectivity index (χ1n) is 9.76. The smallest absolute Gasteiger partial charge is 0.295 e. The molecule has 1 amide bonds. The van der Waals surface area contributed by atoms with Crippen LogP contribution in [0.15, 0.2) is 58.3 Å². The normalized spacial score (nSPS) is 12.7. The molecular weight excluding hydrogens is 414 g/mol. The molecule has 0 radical (unpaired) electrons. The van der Waals surface area contributed by atoms with Gasteiger partial charge in [0.25, 0.3) is 11.7 Å². The number of aryl methyl sites for hydroxylation is 2. The van der Waals surface area contributed by atoms with Crippen LogP contribution in [0.1, 0.15) is 22.0 Å². The predicted octanol–water partition coefficient (Wildman–Crippen LogP) is 3.92. The highest BCUT2D eigenvalue weighted by atomic mass is 32.2. The zero-order valence-electron chi connectivity index (χ0n) is 17.0. The Hall–Kier alpha value is -3.59. The molecule has 2 aromatic carbocycles. The van der Waals surface area contributed by atoms with Crippen LogP contribution in [0, 0.1) is 13.8 Å². The standard InChI is InChI=1S/C22H19N5O3S/c1-13-10-14(2)27-22(23-13)25-20(26-27)21(28)24-16-11-17-18(30-9-8-29-17)12-19(16)31-15-6-4-3-5-7-15/h3-7,10-12H,8-9H2,1-2H3,(H,24,28). The molecule has 1 N–H and O–H groups in total. The lowest BCUT2D eigenvalue weighted by molar-refractivity contribution is 0.101. The minimum Gasteiger partial charge on any atom is -0.486 e. The number of nitrogens with zero attached hydrogens (tertiary/aromatic N) is 4. The van der Waals surface area contributed by atoms with E-state index in [9.17, 15) is 4.79 Å². The van der Waals surface area contributed by atoms with Crippen molar-refractivity contribution in [3.63, 3.8) is 0 Å². The van der Waals surface area contributed by atoms with Crippen LogP contribution in [0.5, 0.6) is 11.5 Å². The van der Waals surface area contributed by atoms with E-state index in [2.05, 4.69) is 20.4 Å². The van der Waals surface area contributed by atoms with Crippen molar-refractivity contribution in [1.82, 2.24) is 19.6 Å². The lowest BCUT2D eigenvalue weighted by atomic mass is 10.2. The van der Waals surface area contributed by atoms with Crippen molar-refractivity contribution in [2.75, 3.05) is 18.5 Å². The fourth-order valence-electron chi connectivity index (χ4n) is 3.31. The molecule has 0 unspecified atom stereocenters. The Morgan fingerprint density at radius 2 is 1.77 bits per heavy atom. The Labute approximate surface area is 182 Å². The van der Waals surface area contributed by atoms with E-state index >= 15 is 0 Å². The maximum atomic E-state index is 13.0. The van der Waals surface area contributed by atoms with Crippen LogP contribution in [0.25, 0.3) is 5.78 Å². The van der Waals surface area contributed by atoms with Crippen LogP contribution < -0.4 is 14.8 Å². The van der Waals surface area contributed by atoms with Gasteiger partial charge in [0.15, 0.2) is 11.5 Å². The number of aromatic nitrogens is 4. The van der Waals surface area contributed by atoms with Crippen LogP contribution in [0.3, 0.4) is 0 Å². The third kappa shape index (κ3) is 3.91. The van der Waals surface area contributed by atoms with Crippen molar-refractivity contribution in [1.29, 1.82) is 0 Å². The maximum Gasteiger partial charge on any atom is 0.295 e. The number of anilines is 1. The summed E-state index contributed by atoms with van der Waals surface area (Å²) in [6, 6.07) is 15.5. The number of benzene rings is 2. The van der Waals surface area contributed by atoms with Gasteiger partial charge in [-0.25, -0.2) is 9.50 Å². The molecule has 1 aliphatic rings. The molecule has 8 nitrogen and oxygen atoms in total. The van der Waals surface area contributed by atoms with Crippen LogP contribution in [-0.2, 0) is 0 Å². The first-order chi connectivity index (χ1) is 15.1. The number of hydrogen-bond acceptors (Lipinski definition) is 7. The van der Waals surface area contributed by atoms with Crippen LogP contribution in [0.4, 0.5) is 5.69 Å². The number of rotatable bonds is 4. The van der Waals surface area contributed by atoms with Crippen LogP contribution >= 0.6 is 11.8 Å². The fraction of sp³-hybridized carbons (Fsp3) is 0.182. The average molecular weight is 433 g/mol. The SMILES string of the molecule is Cc1cc(C)n2nc(C(=O)Nc3cc4c(cc3Sc3ccccc3)OCCO4)nc2n1. The summed E-state index contributed by atoms with van der Waals surface area (Å²) in [7, 11) is 0. The van der Waals surface area contributed by atoms with E-state index in [1.54, 1.807) is 10.6 Å². The van der Waals surface area contributed by atoms with Gasteiger partial charge in [0.05, 0.1) is 5.69 Å². The van der Waals surface area contributed by atoms with E-state index in [-0.39, 0.29) is 5.82 Å². The molecule has 1 aliphatic heterocycles. The van der Waals surface area contributed by atoms with Gasteiger partial charge in [0.2, 0.25) is 5.82 Å². The van der Waals surface area contributed by atoms with E-state index in [1.165, 1.54) is 11.8 Å². The molecule has 2 aromatic heterocycles. The molecular formula is C22H19N5O3S. The number of fused-ring (bicyclic) bond motifs is 2. The monoisotopic (exact) mass is 433 g/mol. The third-order valence-electron chi connectivity index (χ3n) is 4.68. The molecule has 0 fully saturated rings. The van der Waals surface area contributed by atoms with Crippen LogP contribution in [-0.4, -0.2) is 38.7 Å². The second-order valence-corrected chi connectivity index (χ2v) is 8.16. The topological polar surface area (TPSA) is 90.6 Å². The molecule has 9 heteroatoms. The van der Waals surface area contributed by atoms with Gasteiger partial charge in [-0.15, -0.1) is 5.10 Å². The van der Waals surface area contributed by atoms with Gasteiger partial charge in [0.1, 0.15) is 13.2 Å². The first kappa shape index (κ1) is 19.4. The van der Waals surface area contributed by atoms with Crippen molar-refractivity contribution in [2.45, 2.75) is 23.6 Å². The maximum absolute atomic E-state index is 13.0. The number of ether oxygens (including phenoxy) is 2. The minimum absolute atomic E-state index is 0.0479. The van der Waals surface area contributed by atoms with E-state index < -0.39 is 5.91 Å². The Balaban J connectivity index is 1.50. The third-order valence-corrected chi connectivity index (χ3v) is 5.75. The van der Waals surface area contributed by atoms with E-state index in [0.717, 1.165) is 21.2 Å². The summed E-state index contributed by atoms with van der Waals surface area (Å²) in [6.45, 7) is 4.73. The Kier molecular flexibility index (Phi) is 4.95. The Morgan fingerprint density at radius 3 is 2.55 bits per heavy atom. The molecule has 0 bridgehead atoms. The summed E-state index contributed by atoms with van der Waals surface area (Å²) in [6.07, 6.45) is 0. The number of carbonyl (C=O) groups is 1. The van der Waals surface area contributed by atoms with Crippen molar-refractivity contribution in [3.8, 4) is 11.5 Å². The molecule has 0 aliphatic carbocycles. The van der Waals surface area contributed by atoms with Gasteiger partial charge >= 0.3 is 0 Å². The number of hydrogen-bond donors (Lipinski definition) is 1. The van der Waals surface area contributed by atoms with Gasteiger partial charge in [-0.05, 0) is 32.0 Å².